The number of rotatable bonds is 4. The topological polar surface area (TPSA) is 58.4 Å². The number of anilines is 2. The van der Waals surface area contributed by atoms with Crippen LogP contribution in [0.25, 0.3) is 0 Å². The molecule has 1 aliphatic carbocycles. The van der Waals surface area contributed by atoms with Crippen LogP contribution in [0, 0.1) is 5.92 Å². The summed E-state index contributed by atoms with van der Waals surface area (Å²) in [6.45, 7) is 2.27. The largest absolute Gasteiger partial charge is 0.399 e. The van der Waals surface area contributed by atoms with Gasteiger partial charge in [-0.2, -0.15) is 0 Å². The number of carbonyl (C=O) groups excluding carboxylic acids is 1. The first-order chi connectivity index (χ1) is 10.1. The van der Waals surface area contributed by atoms with Gasteiger partial charge >= 0.3 is 0 Å². The average molecular weight is 289 g/mol. The maximum Gasteiger partial charge on any atom is 0.253 e. The summed E-state index contributed by atoms with van der Waals surface area (Å²) in [4.78, 5) is 14.3. The van der Waals surface area contributed by atoms with E-state index in [9.17, 15) is 4.79 Å². The van der Waals surface area contributed by atoms with Gasteiger partial charge < -0.3 is 16.0 Å². The smallest absolute Gasteiger partial charge is 0.253 e. The predicted molar refractivity (Wildman–Crippen MR) is 88.7 cm³/mol. The number of hydrogen-bond acceptors (Lipinski definition) is 3. The summed E-state index contributed by atoms with van der Waals surface area (Å²) in [5.41, 5.74) is 8.26. The van der Waals surface area contributed by atoms with Crippen LogP contribution >= 0.6 is 0 Å². The van der Waals surface area contributed by atoms with Crippen molar-refractivity contribution in [2.75, 3.05) is 24.7 Å². The number of hydrogen-bond donors (Lipinski definition) is 2. The first-order valence-electron chi connectivity index (χ1n) is 7.91. The molecule has 0 saturated heterocycles. The number of nitrogens with zero attached hydrogens (tertiary/aromatic N) is 1. The first kappa shape index (κ1) is 15.7. The summed E-state index contributed by atoms with van der Waals surface area (Å²) < 4.78 is 0. The second-order valence-electron chi connectivity index (χ2n) is 6.05. The molecule has 4 heteroatoms. The highest BCUT2D eigenvalue weighted by atomic mass is 16.1. The summed E-state index contributed by atoms with van der Waals surface area (Å²) in [5, 5.41) is 2.71. The quantitative estimate of drug-likeness (QED) is 0.838. The molecule has 0 atom stereocenters. The molecule has 0 unspecified atom stereocenters. The Balaban J connectivity index is 2.20. The van der Waals surface area contributed by atoms with Gasteiger partial charge in [0.25, 0.3) is 5.91 Å². The number of benzene rings is 1. The first-order valence-corrected chi connectivity index (χ1v) is 7.91. The van der Waals surface area contributed by atoms with Crippen molar-refractivity contribution >= 4 is 17.3 Å². The molecule has 1 aromatic rings. The summed E-state index contributed by atoms with van der Waals surface area (Å²) in [6, 6.07) is 6.02. The molecule has 21 heavy (non-hydrogen) atoms. The summed E-state index contributed by atoms with van der Waals surface area (Å²) in [5.74, 6) is 0.813. The van der Waals surface area contributed by atoms with Gasteiger partial charge in [0.2, 0.25) is 0 Å². The van der Waals surface area contributed by atoms with Crippen molar-refractivity contribution in [3.8, 4) is 0 Å². The zero-order chi connectivity index (χ0) is 15.4. The van der Waals surface area contributed by atoms with E-state index in [0.29, 0.717) is 17.3 Å². The average Bonchev–Trinajstić information content (AvgIpc) is 2.53. The molecule has 0 spiro atoms. The van der Waals surface area contributed by atoms with Crippen molar-refractivity contribution in [2.45, 2.75) is 45.1 Å². The fourth-order valence-electron chi connectivity index (χ4n) is 3.30. The van der Waals surface area contributed by atoms with Gasteiger partial charge in [0.05, 0.1) is 11.3 Å². The minimum atomic E-state index is -0.0564. The second-order valence-corrected chi connectivity index (χ2v) is 6.05. The molecule has 3 N–H and O–H groups in total. The second kappa shape index (κ2) is 6.83. The number of nitrogens with two attached hydrogens (primary N) is 1. The van der Waals surface area contributed by atoms with Crippen molar-refractivity contribution in [3.05, 3.63) is 23.8 Å². The molecule has 0 aromatic heterocycles. The molecule has 116 valence electrons. The molecule has 0 heterocycles. The maximum atomic E-state index is 12.1. The summed E-state index contributed by atoms with van der Waals surface area (Å²) >= 11 is 0. The van der Waals surface area contributed by atoms with E-state index in [1.54, 1.807) is 13.1 Å². The van der Waals surface area contributed by atoms with Gasteiger partial charge in [-0.05, 0) is 49.8 Å². The molecular weight excluding hydrogens is 262 g/mol. The molecule has 2 rings (SSSR count). The number of nitrogen functional groups attached to an aromatic ring is 1. The molecular formula is C17H27N3O. The predicted octanol–water partition coefficient (Wildman–Crippen LogP) is 3.03. The summed E-state index contributed by atoms with van der Waals surface area (Å²) in [7, 11) is 3.74. The van der Waals surface area contributed by atoms with Crippen LogP contribution in [0.5, 0.6) is 0 Å². The van der Waals surface area contributed by atoms with E-state index in [-0.39, 0.29) is 5.91 Å². The van der Waals surface area contributed by atoms with Crippen LogP contribution in [0.2, 0.25) is 0 Å². The number of nitrogens with one attached hydrogen (secondary N) is 1. The number of carbonyl (C=O) groups is 1. The van der Waals surface area contributed by atoms with E-state index in [2.05, 4.69) is 24.2 Å². The lowest BCUT2D eigenvalue weighted by Gasteiger charge is -2.36. The highest BCUT2D eigenvalue weighted by Gasteiger charge is 2.25. The lowest BCUT2D eigenvalue weighted by atomic mass is 9.84. The van der Waals surface area contributed by atoms with E-state index < -0.39 is 0 Å². The van der Waals surface area contributed by atoms with Crippen LogP contribution in [-0.2, 0) is 0 Å². The van der Waals surface area contributed by atoms with Gasteiger partial charge in [0.15, 0.2) is 0 Å². The molecule has 0 aliphatic heterocycles. The normalized spacial score (nSPS) is 21.9. The van der Waals surface area contributed by atoms with Gasteiger partial charge in [-0.15, -0.1) is 0 Å². The zero-order valence-electron chi connectivity index (χ0n) is 13.4. The van der Waals surface area contributed by atoms with Crippen LogP contribution < -0.4 is 16.0 Å². The van der Waals surface area contributed by atoms with Crippen molar-refractivity contribution in [2.24, 2.45) is 5.92 Å². The van der Waals surface area contributed by atoms with E-state index >= 15 is 0 Å². The molecule has 1 amide bonds. The zero-order valence-corrected chi connectivity index (χ0v) is 13.4. The molecule has 1 fully saturated rings. The summed E-state index contributed by atoms with van der Waals surface area (Å²) in [6.07, 6.45) is 6.22. The third-order valence-electron chi connectivity index (χ3n) is 4.81. The highest BCUT2D eigenvalue weighted by Crippen LogP contribution is 2.33. The van der Waals surface area contributed by atoms with Crippen LogP contribution in [0.3, 0.4) is 0 Å². The van der Waals surface area contributed by atoms with E-state index in [4.69, 9.17) is 5.73 Å². The van der Waals surface area contributed by atoms with E-state index in [1.807, 2.05) is 12.1 Å². The molecule has 0 bridgehead atoms. The third-order valence-corrected chi connectivity index (χ3v) is 4.81. The van der Waals surface area contributed by atoms with E-state index in [0.717, 1.165) is 11.6 Å². The minimum Gasteiger partial charge on any atom is -0.399 e. The Morgan fingerprint density at radius 1 is 1.33 bits per heavy atom. The lowest BCUT2D eigenvalue weighted by molar-refractivity contribution is 0.0963. The lowest BCUT2D eigenvalue weighted by Crippen LogP contribution is -2.36. The molecule has 4 nitrogen and oxygen atoms in total. The van der Waals surface area contributed by atoms with Crippen LogP contribution in [-0.4, -0.2) is 26.0 Å². The standard InChI is InChI=1S/C17H27N3O/c1-4-12-5-8-14(9-6-12)20(3)16-11-13(18)7-10-15(16)17(21)19-2/h7,10-12,14H,4-6,8-9,18H2,1-3H3,(H,19,21). The van der Waals surface area contributed by atoms with Gasteiger partial charge in [0.1, 0.15) is 0 Å². The maximum absolute atomic E-state index is 12.1. The van der Waals surface area contributed by atoms with Crippen LogP contribution in [0.4, 0.5) is 11.4 Å². The van der Waals surface area contributed by atoms with Crippen molar-refractivity contribution in [1.29, 1.82) is 0 Å². The SMILES string of the molecule is CCC1CCC(N(C)c2cc(N)ccc2C(=O)NC)CC1. The van der Waals surface area contributed by atoms with Crippen molar-refractivity contribution in [1.82, 2.24) is 5.32 Å². The Labute approximate surface area is 127 Å². The molecule has 1 aromatic carbocycles. The molecule has 1 aliphatic rings. The number of amides is 1. The van der Waals surface area contributed by atoms with E-state index in [1.165, 1.54) is 32.1 Å². The Bertz CT molecular complexity index is 493. The Kier molecular flexibility index (Phi) is 5.10. The Morgan fingerprint density at radius 3 is 2.57 bits per heavy atom. The van der Waals surface area contributed by atoms with Gasteiger partial charge in [-0.3, -0.25) is 4.79 Å². The highest BCUT2D eigenvalue weighted by molar-refractivity contribution is 6.00. The van der Waals surface area contributed by atoms with Crippen LogP contribution in [0.15, 0.2) is 18.2 Å². The van der Waals surface area contributed by atoms with Gasteiger partial charge in [0, 0.05) is 25.8 Å². The molecule has 0 radical (unpaired) electrons. The van der Waals surface area contributed by atoms with Gasteiger partial charge in [-0.25, -0.2) is 0 Å². The third kappa shape index (κ3) is 3.49. The monoisotopic (exact) mass is 289 g/mol. The van der Waals surface area contributed by atoms with Crippen molar-refractivity contribution in [3.63, 3.8) is 0 Å². The fourth-order valence-corrected chi connectivity index (χ4v) is 3.30. The fraction of sp³-hybridized carbons (Fsp3) is 0.588. The Morgan fingerprint density at radius 2 is 2.00 bits per heavy atom. The van der Waals surface area contributed by atoms with Gasteiger partial charge in [-0.1, -0.05) is 13.3 Å². The molecule has 1 saturated carbocycles. The van der Waals surface area contributed by atoms with Crippen LogP contribution in [0.1, 0.15) is 49.4 Å². The van der Waals surface area contributed by atoms with Crippen molar-refractivity contribution < 1.29 is 4.79 Å². The Hall–Kier alpha value is -1.71. The minimum absolute atomic E-state index is 0.0564.